The smallest absolute Gasteiger partial charge is 0.328 e. The van der Waals surface area contributed by atoms with Crippen molar-refractivity contribution in [2.45, 2.75) is 83.2 Å². The molecule has 202 valence electrons. The number of anilines is 1. The third kappa shape index (κ3) is 8.31. The maximum atomic E-state index is 12.3. The van der Waals surface area contributed by atoms with Crippen molar-refractivity contribution >= 4 is 34.8 Å². The van der Waals surface area contributed by atoms with Gasteiger partial charge in [-0.3, -0.25) is 5.32 Å². The first-order chi connectivity index (χ1) is 17.8. The van der Waals surface area contributed by atoms with Crippen LogP contribution in [0.4, 0.5) is 10.6 Å². The monoisotopic (exact) mass is 513 g/mol. The van der Waals surface area contributed by atoms with Crippen LogP contribution in [0.1, 0.15) is 76.7 Å². The SMILES string of the molecule is CCC(CC)N1CCC(c2c[nH]c3ccc(NC(=O)NC4CCCC4)nc23)CC1.O=C(O)/C=C\C(=O)O. The number of fused-ring (bicyclic) bond motifs is 1. The standard InChI is InChI=1S/C23H35N5O.C4H4O4/c1-3-18(4-2)28-13-11-16(12-14-28)19-15-24-20-9-10-21(26-22(19)20)27-23(29)25-17-7-5-6-8-17;5-3(6)1-2-4(7)8/h9-10,15-18,24H,3-8,11-14H2,1-2H3,(H2,25,26,27,29);1-2H,(H,5,6)(H,7,8)/b;2-1-. The number of aliphatic carboxylic acids is 2. The second-order valence-electron chi connectivity index (χ2n) is 9.71. The van der Waals surface area contributed by atoms with Crippen molar-refractivity contribution in [3.63, 3.8) is 0 Å². The molecule has 1 aliphatic heterocycles. The minimum absolute atomic E-state index is 0.140. The Balaban J connectivity index is 0.000000414. The lowest BCUT2D eigenvalue weighted by molar-refractivity contribution is -0.134. The number of amides is 2. The van der Waals surface area contributed by atoms with Crippen LogP contribution in [0, 0.1) is 0 Å². The predicted molar refractivity (Wildman–Crippen MR) is 143 cm³/mol. The molecule has 5 N–H and O–H groups in total. The Labute approximate surface area is 217 Å². The van der Waals surface area contributed by atoms with Gasteiger partial charge in [-0.2, -0.15) is 0 Å². The second-order valence-corrected chi connectivity index (χ2v) is 9.71. The number of carbonyl (C=O) groups is 3. The van der Waals surface area contributed by atoms with Crippen molar-refractivity contribution in [2.75, 3.05) is 18.4 Å². The largest absolute Gasteiger partial charge is 0.478 e. The molecule has 2 aromatic heterocycles. The van der Waals surface area contributed by atoms with Crippen molar-refractivity contribution in [3.05, 3.63) is 36.0 Å². The molecule has 1 saturated carbocycles. The first-order valence-electron chi connectivity index (χ1n) is 13.2. The normalized spacial score (nSPS) is 17.2. The van der Waals surface area contributed by atoms with Crippen LogP contribution in [0.25, 0.3) is 11.0 Å². The lowest BCUT2D eigenvalue weighted by atomic mass is 9.89. The molecule has 0 aromatic carbocycles. The van der Waals surface area contributed by atoms with Gasteiger partial charge in [0, 0.05) is 30.4 Å². The highest BCUT2D eigenvalue weighted by Crippen LogP contribution is 2.34. The van der Waals surface area contributed by atoms with E-state index in [2.05, 4.69) is 40.6 Å². The number of carboxylic acids is 2. The molecular formula is C27H39N5O5. The van der Waals surface area contributed by atoms with Crippen LogP contribution < -0.4 is 10.6 Å². The lowest BCUT2D eigenvalue weighted by Crippen LogP contribution is -2.40. The molecule has 1 saturated heterocycles. The number of carbonyl (C=O) groups excluding carboxylic acids is 1. The Kier molecular flexibility index (Phi) is 10.5. The molecular weight excluding hydrogens is 474 g/mol. The van der Waals surface area contributed by atoms with E-state index in [0.717, 1.165) is 37.0 Å². The molecule has 0 unspecified atom stereocenters. The van der Waals surface area contributed by atoms with Gasteiger partial charge in [-0.05, 0) is 75.2 Å². The molecule has 4 rings (SSSR count). The van der Waals surface area contributed by atoms with Crippen LogP contribution in [0.15, 0.2) is 30.5 Å². The zero-order valence-electron chi connectivity index (χ0n) is 21.7. The molecule has 0 radical (unpaired) electrons. The van der Waals surface area contributed by atoms with Gasteiger partial charge in [0.1, 0.15) is 5.82 Å². The van der Waals surface area contributed by atoms with Crippen molar-refractivity contribution in [1.82, 2.24) is 20.2 Å². The van der Waals surface area contributed by atoms with Crippen LogP contribution in [0.2, 0.25) is 0 Å². The molecule has 2 aliphatic rings. The fourth-order valence-electron chi connectivity index (χ4n) is 5.33. The van der Waals surface area contributed by atoms with Gasteiger partial charge >= 0.3 is 18.0 Å². The summed E-state index contributed by atoms with van der Waals surface area (Å²) in [6.07, 6.45) is 12.6. The molecule has 3 heterocycles. The van der Waals surface area contributed by atoms with Gasteiger partial charge in [-0.1, -0.05) is 26.7 Å². The fourth-order valence-corrected chi connectivity index (χ4v) is 5.33. The molecule has 2 aromatic rings. The summed E-state index contributed by atoms with van der Waals surface area (Å²) in [6.45, 7) is 6.90. The second kappa shape index (κ2) is 13.8. The summed E-state index contributed by atoms with van der Waals surface area (Å²) in [5.41, 5.74) is 3.35. The van der Waals surface area contributed by atoms with Gasteiger partial charge in [-0.15, -0.1) is 0 Å². The summed E-state index contributed by atoms with van der Waals surface area (Å²) >= 11 is 0. The minimum Gasteiger partial charge on any atom is -0.478 e. The van der Waals surface area contributed by atoms with Gasteiger partial charge in [0.05, 0.1) is 11.0 Å². The zero-order valence-corrected chi connectivity index (χ0v) is 21.7. The van der Waals surface area contributed by atoms with E-state index in [4.69, 9.17) is 15.2 Å². The molecule has 1 aliphatic carbocycles. The molecule has 37 heavy (non-hydrogen) atoms. The summed E-state index contributed by atoms with van der Waals surface area (Å²) in [4.78, 5) is 42.2. The van der Waals surface area contributed by atoms with Crippen molar-refractivity contribution in [1.29, 1.82) is 0 Å². The Hall–Kier alpha value is -3.40. The van der Waals surface area contributed by atoms with Gasteiger partial charge in [0.2, 0.25) is 0 Å². The number of nitrogens with one attached hydrogen (secondary N) is 3. The Morgan fingerprint density at radius 2 is 1.68 bits per heavy atom. The van der Waals surface area contributed by atoms with E-state index >= 15 is 0 Å². The number of aromatic amines is 1. The zero-order chi connectivity index (χ0) is 26.8. The van der Waals surface area contributed by atoms with Crippen LogP contribution in [0.3, 0.4) is 0 Å². The van der Waals surface area contributed by atoms with Gasteiger partial charge in [0.25, 0.3) is 0 Å². The third-order valence-corrected chi connectivity index (χ3v) is 7.28. The summed E-state index contributed by atoms with van der Waals surface area (Å²) in [5, 5.41) is 21.6. The van der Waals surface area contributed by atoms with Crippen molar-refractivity contribution in [3.8, 4) is 0 Å². The Bertz CT molecular complexity index is 1060. The van der Waals surface area contributed by atoms with Crippen LogP contribution in [0.5, 0.6) is 0 Å². The molecule has 0 bridgehead atoms. The number of aromatic nitrogens is 2. The van der Waals surface area contributed by atoms with E-state index in [1.807, 2.05) is 12.1 Å². The minimum atomic E-state index is -1.26. The maximum absolute atomic E-state index is 12.3. The topological polar surface area (TPSA) is 148 Å². The molecule has 2 amide bonds. The van der Waals surface area contributed by atoms with E-state index in [0.29, 0.717) is 36.0 Å². The first-order valence-corrected chi connectivity index (χ1v) is 13.2. The average Bonchev–Trinajstić information content (AvgIpc) is 3.54. The predicted octanol–water partition coefficient (Wildman–Crippen LogP) is 4.71. The highest BCUT2D eigenvalue weighted by atomic mass is 16.4. The first kappa shape index (κ1) is 28.2. The van der Waals surface area contributed by atoms with E-state index in [9.17, 15) is 14.4 Å². The number of H-pyrrole nitrogens is 1. The van der Waals surface area contributed by atoms with Crippen LogP contribution in [-0.2, 0) is 9.59 Å². The number of piperidine rings is 1. The van der Waals surface area contributed by atoms with E-state index in [1.54, 1.807) is 0 Å². The molecule has 10 nitrogen and oxygen atoms in total. The number of nitrogens with zero attached hydrogens (tertiary/aromatic N) is 2. The Morgan fingerprint density at radius 1 is 1.05 bits per heavy atom. The number of hydrogen-bond acceptors (Lipinski definition) is 5. The number of urea groups is 1. The van der Waals surface area contributed by atoms with E-state index in [1.165, 1.54) is 44.1 Å². The molecule has 2 fully saturated rings. The number of carboxylic acid groups (broad SMARTS) is 2. The highest BCUT2D eigenvalue weighted by molar-refractivity contribution is 5.91. The maximum Gasteiger partial charge on any atom is 0.328 e. The third-order valence-electron chi connectivity index (χ3n) is 7.28. The van der Waals surface area contributed by atoms with Gasteiger partial charge < -0.3 is 25.4 Å². The fraction of sp³-hybridized carbons (Fsp3) is 0.556. The molecule has 0 spiro atoms. The van der Waals surface area contributed by atoms with Crippen LogP contribution in [-0.4, -0.2) is 68.2 Å². The number of pyridine rings is 1. The average molecular weight is 514 g/mol. The molecule has 10 heteroatoms. The number of rotatable bonds is 8. The number of hydrogen-bond donors (Lipinski definition) is 5. The Morgan fingerprint density at radius 3 is 2.24 bits per heavy atom. The van der Waals surface area contributed by atoms with Crippen LogP contribution >= 0.6 is 0 Å². The summed E-state index contributed by atoms with van der Waals surface area (Å²) in [6, 6.07) is 4.79. The summed E-state index contributed by atoms with van der Waals surface area (Å²) in [7, 11) is 0. The summed E-state index contributed by atoms with van der Waals surface area (Å²) in [5.74, 6) is -1.35. The van der Waals surface area contributed by atoms with Crippen molar-refractivity contribution in [2.24, 2.45) is 0 Å². The molecule has 0 atom stereocenters. The van der Waals surface area contributed by atoms with E-state index in [-0.39, 0.29) is 6.03 Å². The quantitative estimate of drug-likeness (QED) is 0.321. The lowest BCUT2D eigenvalue weighted by Gasteiger charge is -2.36. The van der Waals surface area contributed by atoms with Gasteiger partial charge in [-0.25, -0.2) is 19.4 Å². The number of likely N-dealkylation sites (tertiary alicyclic amines) is 1. The summed E-state index contributed by atoms with van der Waals surface area (Å²) < 4.78 is 0. The van der Waals surface area contributed by atoms with Gasteiger partial charge in [0.15, 0.2) is 0 Å². The van der Waals surface area contributed by atoms with Crippen molar-refractivity contribution < 1.29 is 24.6 Å². The highest BCUT2D eigenvalue weighted by Gasteiger charge is 2.26. The van der Waals surface area contributed by atoms with E-state index < -0.39 is 11.9 Å².